The minimum atomic E-state index is -0.171. The first kappa shape index (κ1) is 13.4. The zero-order valence-electron chi connectivity index (χ0n) is 9.21. The molecule has 0 aromatic rings. The second-order valence-corrected chi connectivity index (χ2v) is 3.31. The van der Waals surface area contributed by atoms with Crippen LogP contribution in [0, 0.1) is 0 Å². The highest BCUT2D eigenvalue weighted by Crippen LogP contribution is 2.02. The Morgan fingerprint density at radius 1 is 1.50 bits per heavy atom. The fourth-order valence-corrected chi connectivity index (χ4v) is 1.23. The molecule has 0 heterocycles. The fourth-order valence-electron chi connectivity index (χ4n) is 1.23. The van der Waals surface area contributed by atoms with Crippen LogP contribution in [0.25, 0.3) is 0 Å². The molecule has 0 saturated carbocycles. The number of carbonyl (C=O) groups excluding carboxylic acids is 1. The Morgan fingerprint density at radius 3 is 2.71 bits per heavy atom. The number of ether oxygens (including phenoxy) is 1. The minimum Gasteiger partial charge on any atom is -0.468 e. The van der Waals surface area contributed by atoms with Crippen molar-refractivity contribution in [3.05, 3.63) is 0 Å². The molecule has 0 aliphatic rings. The van der Waals surface area contributed by atoms with Crippen molar-refractivity contribution in [2.75, 3.05) is 20.2 Å². The van der Waals surface area contributed by atoms with E-state index in [1.807, 2.05) is 0 Å². The summed E-state index contributed by atoms with van der Waals surface area (Å²) in [6.07, 6.45) is 3.86. The van der Waals surface area contributed by atoms with E-state index >= 15 is 0 Å². The maximum atomic E-state index is 11.3. The number of nitrogens with one attached hydrogen (secondary N) is 1. The van der Waals surface area contributed by atoms with E-state index in [1.165, 1.54) is 7.11 Å². The summed E-state index contributed by atoms with van der Waals surface area (Å²) in [5, 5.41) is 3.15. The van der Waals surface area contributed by atoms with E-state index in [9.17, 15) is 4.79 Å². The van der Waals surface area contributed by atoms with Crippen molar-refractivity contribution >= 4 is 5.97 Å². The van der Waals surface area contributed by atoms with Crippen LogP contribution in [0.15, 0.2) is 0 Å². The van der Waals surface area contributed by atoms with Crippen molar-refractivity contribution in [3.63, 3.8) is 0 Å². The van der Waals surface area contributed by atoms with E-state index in [-0.39, 0.29) is 12.0 Å². The summed E-state index contributed by atoms with van der Waals surface area (Å²) < 4.78 is 4.71. The van der Waals surface area contributed by atoms with Crippen LogP contribution in [-0.4, -0.2) is 32.2 Å². The van der Waals surface area contributed by atoms with Gasteiger partial charge in [0.05, 0.1) is 7.11 Å². The zero-order chi connectivity index (χ0) is 10.8. The number of rotatable bonds is 8. The average Bonchev–Trinajstić information content (AvgIpc) is 2.22. The molecule has 0 amide bonds. The van der Waals surface area contributed by atoms with E-state index in [4.69, 9.17) is 10.5 Å². The summed E-state index contributed by atoms with van der Waals surface area (Å²) in [5.41, 5.74) is 5.37. The van der Waals surface area contributed by atoms with Crippen molar-refractivity contribution in [3.8, 4) is 0 Å². The Balaban J connectivity index is 3.78. The van der Waals surface area contributed by atoms with Gasteiger partial charge in [-0.15, -0.1) is 0 Å². The van der Waals surface area contributed by atoms with Gasteiger partial charge in [0.15, 0.2) is 0 Å². The van der Waals surface area contributed by atoms with Gasteiger partial charge in [0.1, 0.15) is 6.04 Å². The van der Waals surface area contributed by atoms with Gasteiger partial charge in [0, 0.05) is 0 Å². The van der Waals surface area contributed by atoms with Crippen molar-refractivity contribution in [1.29, 1.82) is 0 Å². The molecule has 0 rings (SSSR count). The second kappa shape index (κ2) is 8.97. The number of unbranched alkanes of at least 4 members (excludes halogenated alkanes) is 1. The molecule has 1 unspecified atom stereocenters. The molecule has 0 aromatic heterocycles. The predicted molar refractivity (Wildman–Crippen MR) is 57.0 cm³/mol. The van der Waals surface area contributed by atoms with Gasteiger partial charge in [0.25, 0.3) is 0 Å². The van der Waals surface area contributed by atoms with Crippen molar-refractivity contribution in [1.82, 2.24) is 5.32 Å². The van der Waals surface area contributed by atoms with E-state index in [0.29, 0.717) is 6.54 Å². The highest BCUT2D eigenvalue weighted by atomic mass is 16.5. The Hall–Kier alpha value is -0.610. The van der Waals surface area contributed by atoms with E-state index < -0.39 is 0 Å². The van der Waals surface area contributed by atoms with Crippen LogP contribution in [0.1, 0.15) is 32.6 Å². The molecule has 4 heteroatoms. The lowest BCUT2D eigenvalue weighted by Gasteiger charge is -2.15. The van der Waals surface area contributed by atoms with Crippen LogP contribution < -0.4 is 11.1 Å². The third-order valence-corrected chi connectivity index (χ3v) is 2.10. The summed E-state index contributed by atoms with van der Waals surface area (Å²) in [5.74, 6) is -0.171. The molecule has 0 aliphatic carbocycles. The molecule has 14 heavy (non-hydrogen) atoms. The van der Waals surface area contributed by atoms with Crippen molar-refractivity contribution in [2.24, 2.45) is 5.73 Å². The summed E-state index contributed by atoms with van der Waals surface area (Å²) in [4.78, 5) is 11.3. The number of esters is 1. The first-order valence-corrected chi connectivity index (χ1v) is 5.27. The Bertz CT molecular complexity index is 151. The van der Waals surface area contributed by atoms with Gasteiger partial charge < -0.3 is 15.8 Å². The fraction of sp³-hybridized carbons (Fsp3) is 0.900. The van der Waals surface area contributed by atoms with Gasteiger partial charge >= 0.3 is 5.97 Å². The van der Waals surface area contributed by atoms with E-state index in [0.717, 1.165) is 32.2 Å². The quantitative estimate of drug-likeness (QED) is 0.448. The van der Waals surface area contributed by atoms with Crippen LogP contribution in [0.4, 0.5) is 0 Å². The molecule has 3 N–H and O–H groups in total. The van der Waals surface area contributed by atoms with Gasteiger partial charge in [-0.25, -0.2) is 0 Å². The number of methoxy groups -OCH3 is 1. The highest BCUT2D eigenvalue weighted by Gasteiger charge is 2.16. The molecule has 0 radical (unpaired) electrons. The number of nitrogens with two attached hydrogens (primary N) is 1. The molecule has 4 nitrogen and oxygen atoms in total. The van der Waals surface area contributed by atoms with Gasteiger partial charge in [-0.05, 0) is 25.9 Å². The molecule has 1 atom stereocenters. The monoisotopic (exact) mass is 202 g/mol. The summed E-state index contributed by atoms with van der Waals surface area (Å²) >= 11 is 0. The topological polar surface area (TPSA) is 64.3 Å². The van der Waals surface area contributed by atoms with E-state index in [1.54, 1.807) is 0 Å². The van der Waals surface area contributed by atoms with Crippen LogP contribution in [0.3, 0.4) is 0 Å². The second-order valence-electron chi connectivity index (χ2n) is 3.31. The minimum absolute atomic E-state index is 0.161. The van der Waals surface area contributed by atoms with Gasteiger partial charge in [0.2, 0.25) is 0 Å². The third-order valence-electron chi connectivity index (χ3n) is 2.10. The lowest BCUT2D eigenvalue weighted by molar-refractivity contribution is -0.143. The molecule has 0 fully saturated rings. The lowest BCUT2D eigenvalue weighted by atomic mass is 10.1. The van der Waals surface area contributed by atoms with E-state index in [2.05, 4.69) is 12.2 Å². The molecule has 0 saturated heterocycles. The predicted octanol–water partition coefficient (Wildman–Crippen LogP) is 0.657. The molecular weight excluding hydrogens is 180 g/mol. The average molecular weight is 202 g/mol. The van der Waals surface area contributed by atoms with Gasteiger partial charge in [-0.3, -0.25) is 4.79 Å². The molecule has 84 valence electrons. The summed E-state index contributed by atoms with van der Waals surface area (Å²) in [6.45, 7) is 3.53. The molecule has 0 bridgehead atoms. The number of carbonyl (C=O) groups is 1. The van der Waals surface area contributed by atoms with Crippen LogP contribution in [0.2, 0.25) is 0 Å². The van der Waals surface area contributed by atoms with Crippen molar-refractivity contribution in [2.45, 2.75) is 38.6 Å². The number of hydrogen-bond donors (Lipinski definition) is 2. The van der Waals surface area contributed by atoms with Crippen LogP contribution in [-0.2, 0) is 9.53 Å². The molecule has 0 aliphatic heterocycles. The maximum absolute atomic E-state index is 11.3. The summed E-state index contributed by atoms with van der Waals surface area (Å²) in [6, 6.07) is -0.161. The van der Waals surface area contributed by atoms with Crippen molar-refractivity contribution < 1.29 is 9.53 Å². The maximum Gasteiger partial charge on any atom is 0.322 e. The Kier molecular flexibility index (Phi) is 8.57. The SMILES string of the molecule is CCCCC(NCCCN)C(=O)OC. The largest absolute Gasteiger partial charge is 0.468 e. The van der Waals surface area contributed by atoms with Gasteiger partial charge in [-0.1, -0.05) is 19.8 Å². The molecular formula is C10H22N2O2. The summed E-state index contributed by atoms with van der Waals surface area (Å²) in [7, 11) is 1.42. The highest BCUT2D eigenvalue weighted by molar-refractivity contribution is 5.75. The van der Waals surface area contributed by atoms with Gasteiger partial charge in [-0.2, -0.15) is 0 Å². The Morgan fingerprint density at radius 2 is 2.21 bits per heavy atom. The smallest absolute Gasteiger partial charge is 0.322 e. The number of hydrogen-bond acceptors (Lipinski definition) is 4. The normalized spacial score (nSPS) is 12.5. The standard InChI is InChI=1S/C10H22N2O2/c1-3-4-6-9(10(13)14-2)12-8-5-7-11/h9,12H,3-8,11H2,1-2H3. The van der Waals surface area contributed by atoms with Crippen LogP contribution in [0.5, 0.6) is 0 Å². The molecule has 0 aromatic carbocycles. The first-order chi connectivity index (χ1) is 6.76. The lowest BCUT2D eigenvalue weighted by Crippen LogP contribution is -2.38. The molecule has 0 spiro atoms. The first-order valence-electron chi connectivity index (χ1n) is 5.27. The zero-order valence-corrected chi connectivity index (χ0v) is 9.21. The van der Waals surface area contributed by atoms with Crippen LogP contribution >= 0.6 is 0 Å². The Labute approximate surface area is 86.2 Å². The third kappa shape index (κ3) is 5.94.